The number of carbonyl (C=O) groups excluding carboxylic acids is 2. The van der Waals surface area contributed by atoms with Crippen LogP contribution < -0.4 is 5.32 Å². The van der Waals surface area contributed by atoms with E-state index in [2.05, 4.69) is 22.4 Å². The number of benzene rings is 1. The van der Waals surface area contributed by atoms with Gasteiger partial charge in [0.25, 0.3) is 0 Å². The van der Waals surface area contributed by atoms with Gasteiger partial charge < -0.3 is 19.5 Å². The Morgan fingerprint density at radius 1 is 1.17 bits per heavy atom. The minimum absolute atomic E-state index is 0.0928. The van der Waals surface area contributed by atoms with Crippen LogP contribution in [-0.4, -0.2) is 43.9 Å². The van der Waals surface area contributed by atoms with Gasteiger partial charge in [0.15, 0.2) is 0 Å². The van der Waals surface area contributed by atoms with Crippen LogP contribution in [0.5, 0.6) is 0 Å². The first-order valence-electron chi connectivity index (χ1n) is 11.2. The quantitative estimate of drug-likeness (QED) is 0.202. The van der Waals surface area contributed by atoms with Gasteiger partial charge in [0.1, 0.15) is 33.1 Å². The molecule has 3 rings (SSSR count). The summed E-state index contributed by atoms with van der Waals surface area (Å²) in [7, 11) is 1.51. The second-order valence-corrected chi connectivity index (χ2v) is 9.66. The lowest BCUT2D eigenvalue weighted by Gasteiger charge is -2.05. The largest absolute Gasteiger partial charge is 0.462 e. The maximum Gasteiger partial charge on any atom is 0.348 e. The average molecular weight is 526 g/mol. The Bertz CT molecular complexity index is 1330. The highest BCUT2D eigenvalue weighted by molar-refractivity contribution is 7.18. The smallest absolute Gasteiger partial charge is 0.348 e. The molecule has 0 bridgehead atoms. The van der Waals surface area contributed by atoms with E-state index in [1.165, 1.54) is 30.2 Å². The Hall–Kier alpha value is -3.52. The number of rotatable bonds is 10. The number of carbonyl (C=O) groups is 2. The maximum absolute atomic E-state index is 12.7. The first-order chi connectivity index (χ1) is 17.3. The first kappa shape index (κ1) is 27.1. The van der Waals surface area contributed by atoms with Crippen LogP contribution in [0.25, 0.3) is 16.8 Å². The lowest BCUT2D eigenvalue weighted by atomic mass is 10.0. The van der Waals surface area contributed by atoms with E-state index in [1.54, 1.807) is 13.8 Å². The third-order valence-electron chi connectivity index (χ3n) is 5.19. The first-order valence-corrected chi connectivity index (χ1v) is 12.9. The Morgan fingerprint density at radius 3 is 2.61 bits per heavy atom. The van der Waals surface area contributed by atoms with E-state index in [-0.39, 0.29) is 30.3 Å². The minimum Gasteiger partial charge on any atom is -0.462 e. The van der Waals surface area contributed by atoms with Crippen molar-refractivity contribution in [2.75, 3.05) is 32.2 Å². The number of thiophene rings is 1. The number of hydrogen-bond donors (Lipinski definition) is 1. The minimum atomic E-state index is -0.567. The number of hydrogen-bond acceptors (Lipinski definition) is 10. The summed E-state index contributed by atoms with van der Waals surface area (Å²) in [4.78, 5) is 30.1. The van der Waals surface area contributed by atoms with Crippen LogP contribution >= 0.6 is 22.7 Å². The molecule has 0 saturated heterocycles. The van der Waals surface area contributed by atoms with E-state index < -0.39 is 11.9 Å². The van der Waals surface area contributed by atoms with Gasteiger partial charge in [0.05, 0.1) is 24.5 Å². The highest BCUT2D eigenvalue weighted by Crippen LogP contribution is 2.35. The summed E-state index contributed by atoms with van der Waals surface area (Å²) < 4.78 is 15.3. The molecule has 0 saturated carbocycles. The molecule has 1 aromatic carbocycles. The number of ether oxygens (including phenoxy) is 3. The monoisotopic (exact) mass is 525 g/mol. The zero-order valence-corrected chi connectivity index (χ0v) is 22.4. The van der Waals surface area contributed by atoms with Gasteiger partial charge in [0.2, 0.25) is 0 Å². The van der Waals surface area contributed by atoms with Crippen molar-refractivity contribution in [1.82, 2.24) is 4.98 Å². The SMILES string of the molecule is CCOC(=O)c1c(N/C=C(/C#N)c2nc(-c3ccc(C)cc3C)cs2)sc(C(=O)OCCOC)c1C. The molecule has 1 N–H and O–H groups in total. The van der Waals surface area contributed by atoms with Gasteiger partial charge in [-0.1, -0.05) is 23.8 Å². The Balaban J connectivity index is 1.91. The van der Waals surface area contributed by atoms with Crippen molar-refractivity contribution < 1.29 is 23.8 Å². The standard InChI is InChI=1S/C26H27N3O5S2/c1-6-33-25(30)21-17(4)22(26(31)34-10-9-32-5)36-24(21)28-13-18(12-27)23-29-20(14-35-23)19-8-7-15(2)11-16(19)3/h7-8,11,13-14,28H,6,9-10H2,1-5H3/b18-13-. The van der Waals surface area contributed by atoms with Crippen molar-refractivity contribution >= 4 is 45.2 Å². The van der Waals surface area contributed by atoms with Crippen molar-refractivity contribution in [1.29, 1.82) is 5.26 Å². The summed E-state index contributed by atoms with van der Waals surface area (Å²) in [5, 5.41) is 15.6. The van der Waals surface area contributed by atoms with E-state index in [4.69, 9.17) is 14.2 Å². The van der Waals surface area contributed by atoms with E-state index in [1.807, 2.05) is 31.4 Å². The van der Waals surface area contributed by atoms with Crippen molar-refractivity contribution in [3.8, 4) is 17.3 Å². The molecule has 0 aliphatic heterocycles. The fourth-order valence-electron chi connectivity index (χ4n) is 3.44. The highest BCUT2D eigenvalue weighted by atomic mass is 32.1. The number of aryl methyl sites for hydroxylation is 2. The van der Waals surface area contributed by atoms with Crippen LogP contribution in [0.1, 0.15) is 48.7 Å². The molecule has 0 aliphatic carbocycles. The molecule has 0 atom stereocenters. The van der Waals surface area contributed by atoms with Gasteiger partial charge in [-0.25, -0.2) is 14.6 Å². The highest BCUT2D eigenvalue weighted by Gasteiger charge is 2.26. The molecule has 10 heteroatoms. The van der Waals surface area contributed by atoms with Crippen LogP contribution in [0.3, 0.4) is 0 Å². The van der Waals surface area contributed by atoms with Crippen LogP contribution in [0.15, 0.2) is 29.8 Å². The van der Waals surface area contributed by atoms with Gasteiger partial charge in [-0.2, -0.15) is 5.26 Å². The maximum atomic E-state index is 12.7. The van der Waals surface area contributed by atoms with Crippen molar-refractivity contribution in [2.24, 2.45) is 0 Å². The molecule has 2 heterocycles. The molecule has 0 amide bonds. The summed E-state index contributed by atoms with van der Waals surface area (Å²) in [5.41, 5.74) is 5.02. The third-order valence-corrected chi connectivity index (χ3v) is 7.27. The summed E-state index contributed by atoms with van der Waals surface area (Å²) in [6.07, 6.45) is 1.48. The number of allylic oxidation sites excluding steroid dienone is 1. The predicted molar refractivity (Wildman–Crippen MR) is 141 cm³/mol. The van der Waals surface area contributed by atoms with Gasteiger partial charge in [-0.3, -0.25) is 0 Å². The average Bonchev–Trinajstić information content (AvgIpc) is 3.45. The molecule has 0 radical (unpaired) electrons. The zero-order valence-electron chi connectivity index (χ0n) is 20.8. The molecule has 0 spiro atoms. The Kier molecular flexibility index (Phi) is 9.36. The number of nitriles is 1. The molecule has 2 aromatic heterocycles. The number of thiazole rings is 1. The molecular weight excluding hydrogens is 498 g/mol. The molecule has 3 aromatic rings. The molecule has 36 heavy (non-hydrogen) atoms. The fraction of sp³-hybridized carbons (Fsp3) is 0.308. The third kappa shape index (κ3) is 6.18. The van der Waals surface area contributed by atoms with Crippen molar-refractivity contribution in [3.63, 3.8) is 0 Å². The van der Waals surface area contributed by atoms with Crippen LogP contribution in [0.4, 0.5) is 5.00 Å². The zero-order chi connectivity index (χ0) is 26.2. The second kappa shape index (κ2) is 12.4. The van der Waals surface area contributed by atoms with E-state index in [0.717, 1.165) is 28.2 Å². The summed E-state index contributed by atoms with van der Waals surface area (Å²) in [6.45, 7) is 7.96. The Morgan fingerprint density at radius 2 is 1.94 bits per heavy atom. The van der Waals surface area contributed by atoms with E-state index in [9.17, 15) is 14.9 Å². The van der Waals surface area contributed by atoms with Crippen LogP contribution in [-0.2, 0) is 14.2 Å². The molecule has 0 unspecified atom stereocenters. The number of nitrogens with zero attached hydrogens (tertiary/aromatic N) is 2. The Labute approximate surface area is 218 Å². The van der Waals surface area contributed by atoms with E-state index >= 15 is 0 Å². The topological polar surface area (TPSA) is 111 Å². The number of methoxy groups -OCH3 is 1. The summed E-state index contributed by atoms with van der Waals surface area (Å²) in [5.74, 6) is -1.13. The number of esters is 2. The normalized spacial score (nSPS) is 11.2. The molecule has 188 valence electrons. The molecular formula is C26H27N3O5S2. The second-order valence-electron chi connectivity index (χ2n) is 7.78. The molecule has 8 nitrogen and oxygen atoms in total. The number of aromatic nitrogens is 1. The molecule has 0 aliphatic rings. The lowest BCUT2D eigenvalue weighted by molar-refractivity contribution is 0.0393. The summed E-state index contributed by atoms with van der Waals surface area (Å²) in [6, 6.07) is 8.29. The van der Waals surface area contributed by atoms with Crippen molar-refractivity contribution in [3.05, 3.63) is 61.9 Å². The van der Waals surface area contributed by atoms with Crippen molar-refractivity contribution in [2.45, 2.75) is 27.7 Å². The van der Waals surface area contributed by atoms with Gasteiger partial charge in [-0.15, -0.1) is 22.7 Å². The summed E-state index contributed by atoms with van der Waals surface area (Å²) >= 11 is 2.41. The van der Waals surface area contributed by atoms with Crippen LogP contribution in [0, 0.1) is 32.1 Å². The van der Waals surface area contributed by atoms with Gasteiger partial charge >= 0.3 is 11.9 Å². The molecule has 0 fully saturated rings. The predicted octanol–water partition coefficient (Wildman–Crippen LogP) is 5.75. The lowest BCUT2D eigenvalue weighted by Crippen LogP contribution is -2.11. The number of nitrogens with one attached hydrogen (secondary N) is 1. The van der Waals surface area contributed by atoms with Gasteiger partial charge in [-0.05, 0) is 38.8 Å². The van der Waals surface area contributed by atoms with Gasteiger partial charge in [0, 0.05) is 24.3 Å². The number of anilines is 1. The van der Waals surface area contributed by atoms with Crippen LogP contribution in [0.2, 0.25) is 0 Å². The fourth-order valence-corrected chi connectivity index (χ4v) is 5.29. The van der Waals surface area contributed by atoms with E-state index in [0.29, 0.717) is 21.1 Å².